The van der Waals surface area contributed by atoms with Crippen LogP contribution in [0.15, 0.2) is 36.7 Å². The second kappa shape index (κ2) is 11.2. The van der Waals surface area contributed by atoms with Gasteiger partial charge in [-0.3, -0.25) is 9.59 Å². The smallest absolute Gasteiger partial charge is 0.220 e. The Bertz CT molecular complexity index is 686. The first-order chi connectivity index (χ1) is 13.5. The number of aromatic nitrogens is 2. The molecule has 0 spiro atoms. The molecule has 0 unspecified atom stereocenters. The molecule has 0 aliphatic carbocycles. The lowest BCUT2D eigenvalue weighted by Crippen LogP contribution is -2.31. The van der Waals surface area contributed by atoms with Crippen molar-refractivity contribution in [3.63, 3.8) is 0 Å². The van der Waals surface area contributed by atoms with Crippen LogP contribution in [0.4, 0.5) is 11.4 Å². The predicted octanol–water partition coefficient (Wildman–Crippen LogP) is 0.111. The standard InChI is InChI=1S/C18H24N6O4/c19-13-1-5-17(23-11-13)27-9-7-21-15(25)3-4-16(26)22-8-10-28-18-6-2-14(20)12-24-18/h1-2,5-6,11-12H,3-4,7-10,19-20H2,(H,21,25)(H,22,26). The Morgan fingerprint density at radius 2 is 1.21 bits per heavy atom. The van der Waals surface area contributed by atoms with E-state index < -0.39 is 0 Å². The normalized spacial score (nSPS) is 10.1. The second-order valence-electron chi connectivity index (χ2n) is 5.76. The van der Waals surface area contributed by atoms with Crippen LogP contribution in [0.3, 0.4) is 0 Å². The van der Waals surface area contributed by atoms with Crippen LogP contribution in [0.1, 0.15) is 12.8 Å². The molecule has 2 aromatic heterocycles. The molecule has 10 heteroatoms. The number of hydrogen-bond acceptors (Lipinski definition) is 8. The Kier molecular flexibility index (Phi) is 8.31. The lowest BCUT2D eigenvalue weighted by atomic mass is 10.3. The summed E-state index contributed by atoms with van der Waals surface area (Å²) in [4.78, 5) is 31.4. The number of anilines is 2. The van der Waals surface area contributed by atoms with Gasteiger partial charge in [-0.05, 0) is 12.1 Å². The topological polar surface area (TPSA) is 154 Å². The van der Waals surface area contributed by atoms with Gasteiger partial charge in [-0.15, -0.1) is 0 Å². The van der Waals surface area contributed by atoms with E-state index >= 15 is 0 Å². The first-order valence-electron chi connectivity index (χ1n) is 8.75. The fourth-order valence-corrected chi connectivity index (χ4v) is 2.05. The highest BCUT2D eigenvalue weighted by Crippen LogP contribution is 2.08. The number of pyridine rings is 2. The van der Waals surface area contributed by atoms with Crippen molar-refractivity contribution in [3.8, 4) is 11.8 Å². The Morgan fingerprint density at radius 3 is 1.57 bits per heavy atom. The van der Waals surface area contributed by atoms with Gasteiger partial charge >= 0.3 is 0 Å². The number of ether oxygens (including phenoxy) is 2. The summed E-state index contributed by atoms with van der Waals surface area (Å²) in [6, 6.07) is 6.65. The highest BCUT2D eigenvalue weighted by molar-refractivity contribution is 5.83. The van der Waals surface area contributed by atoms with Crippen molar-refractivity contribution < 1.29 is 19.1 Å². The maximum Gasteiger partial charge on any atom is 0.220 e. The van der Waals surface area contributed by atoms with Crippen molar-refractivity contribution in [2.45, 2.75) is 12.8 Å². The monoisotopic (exact) mass is 388 g/mol. The van der Waals surface area contributed by atoms with Crippen molar-refractivity contribution >= 4 is 23.2 Å². The number of carbonyl (C=O) groups is 2. The SMILES string of the molecule is Nc1ccc(OCCNC(=O)CCC(=O)NCCOc2ccc(N)cn2)nc1. The number of nitrogens with zero attached hydrogens (tertiary/aromatic N) is 2. The van der Waals surface area contributed by atoms with Gasteiger partial charge in [-0.1, -0.05) is 0 Å². The van der Waals surface area contributed by atoms with Crippen molar-refractivity contribution in [3.05, 3.63) is 36.7 Å². The van der Waals surface area contributed by atoms with Crippen LogP contribution in [-0.2, 0) is 9.59 Å². The largest absolute Gasteiger partial charge is 0.476 e. The van der Waals surface area contributed by atoms with Gasteiger partial charge in [0.1, 0.15) is 13.2 Å². The summed E-state index contributed by atoms with van der Waals surface area (Å²) in [6.45, 7) is 1.17. The molecule has 0 saturated carbocycles. The van der Waals surface area contributed by atoms with Crippen LogP contribution in [-0.4, -0.2) is 48.1 Å². The Hall–Kier alpha value is -3.56. The average molecular weight is 388 g/mol. The van der Waals surface area contributed by atoms with Gasteiger partial charge in [-0.25, -0.2) is 9.97 Å². The minimum atomic E-state index is -0.230. The Balaban J connectivity index is 1.49. The molecule has 2 rings (SSSR count). The summed E-state index contributed by atoms with van der Waals surface area (Å²) in [5.74, 6) is 0.399. The van der Waals surface area contributed by atoms with Crippen molar-refractivity contribution in [1.82, 2.24) is 20.6 Å². The zero-order valence-corrected chi connectivity index (χ0v) is 15.4. The number of hydrogen-bond donors (Lipinski definition) is 4. The number of nitrogens with two attached hydrogens (primary N) is 2. The van der Waals surface area contributed by atoms with Crippen LogP contribution in [0.25, 0.3) is 0 Å². The third-order valence-corrected chi connectivity index (χ3v) is 3.45. The van der Waals surface area contributed by atoms with Crippen molar-refractivity contribution in [2.24, 2.45) is 0 Å². The molecule has 0 aromatic carbocycles. The molecule has 2 aromatic rings. The molecule has 28 heavy (non-hydrogen) atoms. The van der Waals surface area contributed by atoms with Gasteiger partial charge < -0.3 is 31.6 Å². The predicted molar refractivity (Wildman–Crippen MR) is 104 cm³/mol. The van der Waals surface area contributed by atoms with E-state index in [4.69, 9.17) is 20.9 Å². The van der Waals surface area contributed by atoms with E-state index in [-0.39, 0.29) is 37.9 Å². The highest BCUT2D eigenvalue weighted by Gasteiger charge is 2.06. The molecule has 0 atom stereocenters. The molecule has 0 saturated heterocycles. The zero-order chi connectivity index (χ0) is 20.2. The number of nitrogens with one attached hydrogen (secondary N) is 2. The summed E-state index contributed by atoms with van der Waals surface area (Å²) in [5, 5.41) is 5.35. The van der Waals surface area contributed by atoms with Gasteiger partial charge in [-0.2, -0.15) is 0 Å². The number of nitrogen functional groups attached to an aromatic ring is 2. The van der Waals surface area contributed by atoms with E-state index in [1.807, 2.05) is 0 Å². The van der Waals surface area contributed by atoms with Crippen LogP contribution in [0.2, 0.25) is 0 Å². The molecule has 0 aliphatic heterocycles. The van der Waals surface area contributed by atoms with Gasteiger partial charge in [0.25, 0.3) is 0 Å². The minimum absolute atomic E-state index is 0.0896. The quantitative estimate of drug-likeness (QED) is 0.395. The third-order valence-electron chi connectivity index (χ3n) is 3.45. The lowest BCUT2D eigenvalue weighted by molar-refractivity contribution is -0.126. The number of carbonyl (C=O) groups excluding carboxylic acids is 2. The minimum Gasteiger partial charge on any atom is -0.476 e. The summed E-state index contributed by atoms with van der Waals surface area (Å²) in [7, 11) is 0. The lowest BCUT2D eigenvalue weighted by Gasteiger charge is -2.08. The van der Waals surface area contributed by atoms with Gasteiger partial charge in [0, 0.05) is 25.0 Å². The second-order valence-corrected chi connectivity index (χ2v) is 5.76. The number of rotatable bonds is 11. The van der Waals surface area contributed by atoms with E-state index in [1.54, 1.807) is 24.3 Å². The van der Waals surface area contributed by atoms with Gasteiger partial charge in [0.15, 0.2) is 0 Å². The fraction of sp³-hybridized carbons (Fsp3) is 0.333. The van der Waals surface area contributed by atoms with Crippen LogP contribution in [0, 0.1) is 0 Å². The first kappa shape index (κ1) is 20.7. The van der Waals surface area contributed by atoms with E-state index in [1.165, 1.54) is 12.4 Å². The molecule has 0 fully saturated rings. The van der Waals surface area contributed by atoms with Crippen LogP contribution < -0.4 is 31.6 Å². The summed E-state index contributed by atoms with van der Waals surface area (Å²) in [5.41, 5.74) is 12.2. The van der Waals surface area contributed by atoms with E-state index in [9.17, 15) is 9.59 Å². The molecule has 0 bridgehead atoms. The van der Waals surface area contributed by atoms with Gasteiger partial charge in [0.2, 0.25) is 23.6 Å². The molecule has 0 radical (unpaired) electrons. The highest BCUT2D eigenvalue weighted by atomic mass is 16.5. The summed E-state index contributed by atoms with van der Waals surface area (Å²) in [6.07, 6.45) is 3.16. The summed E-state index contributed by atoms with van der Waals surface area (Å²) < 4.78 is 10.7. The third kappa shape index (κ3) is 8.21. The van der Waals surface area contributed by atoms with E-state index in [2.05, 4.69) is 20.6 Å². The summed E-state index contributed by atoms with van der Waals surface area (Å²) >= 11 is 0. The number of amides is 2. The Morgan fingerprint density at radius 1 is 0.786 bits per heavy atom. The van der Waals surface area contributed by atoms with Crippen LogP contribution in [0.5, 0.6) is 11.8 Å². The maximum atomic E-state index is 11.7. The molecule has 2 amide bonds. The molecule has 150 valence electrons. The van der Waals surface area contributed by atoms with E-state index in [0.29, 0.717) is 36.2 Å². The average Bonchev–Trinajstić information content (AvgIpc) is 2.69. The zero-order valence-electron chi connectivity index (χ0n) is 15.4. The van der Waals surface area contributed by atoms with Crippen molar-refractivity contribution in [2.75, 3.05) is 37.8 Å². The maximum absolute atomic E-state index is 11.7. The van der Waals surface area contributed by atoms with Gasteiger partial charge in [0.05, 0.1) is 36.9 Å². The van der Waals surface area contributed by atoms with E-state index in [0.717, 1.165) is 0 Å². The van der Waals surface area contributed by atoms with Crippen molar-refractivity contribution in [1.29, 1.82) is 0 Å². The first-order valence-corrected chi connectivity index (χ1v) is 8.75. The Labute approximate surface area is 162 Å². The molecular formula is C18H24N6O4. The molecule has 2 heterocycles. The molecule has 0 aliphatic rings. The molecular weight excluding hydrogens is 364 g/mol. The van der Waals surface area contributed by atoms with Crippen LogP contribution >= 0.6 is 0 Å². The molecule has 6 N–H and O–H groups in total. The fourth-order valence-electron chi connectivity index (χ4n) is 2.05. The molecule has 10 nitrogen and oxygen atoms in total.